The van der Waals surface area contributed by atoms with Crippen molar-refractivity contribution in [2.45, 2.75) is 25.8 Å². The van der Waals surface area contributed by atoms with Crippen LogP contribution in [0.5, 0.6) is 0 Å². The van der Waals surface area contributed by atoms with Crippen LogP contribution in [0.4, 0.5) is 5.69 Å². The number of aliphatic imine (C=N–C) groups is 1. The number of nitrogens with one attached hydrogen (secondary N) is 1. The molecule has 0 bridgehead atoms. The van der Waals surface area contributed by atoms with Gasteiger partial charge in [-0.05, 0) is 19.4 Å². The van der Waals surface area contributed by atoms with Crippen LogP contribution in [0.2, 0.25) is 0 Å². The van der Waals surface area contributed by atoms with E-state index in [4.69, 9.17) is 9.72 Å². The lowest BCUT2D eigenvalue weighted by Gasteiger charge is -2.26. The van der Waals surface area contributed by atoms with Crippen LogP contribution in [0.25, 0.3) is 16.2 Å². The van der Waals surface area contributed by atoms with Crippen LogP contribution in [0.1, 0.15) is 38.4 Å². The topological polar surface area (TPSA) is 84.1 Å². The van der Waals surface area contributed by atoms with Gasteiger partial charge < -0.3 is 10.1 Å². The van der Waals surface area contributed by atoms with Crippen molar-refractivity contribution >= 4 is 45.4 Å². The highest BCUT2D eigenvalue weighted by Gasteiger charge is 2.22. The Morgan fingerprint density at radius 3 is 2.92 bits per heavy atom. The third-order valence-corrected chi connectivity index (χ3v) is 8.58. The molecule has 1 saturated heterocycles. The molecule has 1 amide bonds. The predicted octanol–water partition coefficient (Wildman–Crippen LogP) is 4.98. The van der Waals surface area contributed by atoms with Crippen molar-refractivity contribution in [2.24, 2.45) is 4.99 Å². The summed E-state index contributed by atoms with van der Waals surface area (Å²) in [5.41, 5.74) is 4.42. The molecular formula is C26H26N6O2S2. The summed E-state index contributed by atoms with van der Waals surface area (Å²) >= 11 is 3.08. The molecule has 1 fully saturated rings. The molecule has 5 heterocycles. The summed E-state index contributed by atoms with van der Waals surface area (Å²) in [5, 5.41) is 6.21. The second kappa shape index (κ2) is 10.1. The summed E-state index contributed by atoms with van der Waals surface area (Å²) in [4.78, 5) is 31.0. The number of ether oxygens (including phenoxy) is 1. The molecule has 0 radical (unpaired) electrons. The van der Waals surface area contributed by atoms with Gasteiger partial charge in [-0.25, -0.2) is 9.97 Å². The number of carbonyl (C=O) groups is 1. The molecule has 36 heavy (non-hydrogen) atoms. The van der Waals surface area contributed by atoms with Crippen LogP contribution >= 0.6 is 22.7 Å². The fraction of sp³-hybridized carbons (Fsp3) is 0.308. The lowest BCUT2D eigenvalue weighted by molar-refractivity contribution is 0.0336. The number of carbonyl (C=O) groups excluding carboxylic acids is 1. The average molecular weight is 519 g/mol. The molecule has 1 aromatic carbocycles. The Bertz CT molecular complexity index is 1460. The first-order valence-electron chi connectivity index (χ1n) is 12.0. The number of nitrogens with zero attached hydrogens (tertiary/aromatic N) is 5. The fourth-order valence-electron chi connectivity index (χ4n) is 4.49. The minimum Gasteiger partial charge on any atom is -0.379 e. The van der Waals surface area contributed by atoms with Crippen molar-refractivity contribution < 1.29 is 9.53 Å². The van der Waals surface area contributed by atoms with Crippen molar-refractivity contribution in [3.8, 4) is 11.3 Å². The van der Waals surface area contributed by atoms with E-state index in [0.717, 1.165) is 71.9 Å². The number of anilines is 1. The Hall–Kier alpha value is -3.18. The molecule has 0 saturated carbocycles. The summed E-state index contributed by atoms with van der Waals surface area (Å²) in [5.74, 6) is -0.0290. The number of imidazole rings is 1. The van der Waals surface area contributed by atoms with Gasteiger partial charge in [-0.1, -0.05) is 24.3 Å². The van der Waals surface area contributed by atoms with Gasteiger partial charge in [0.1, 0.15) is 9.88 Å². The molecule has 1 unspecified atom stereocenters. The van der Waals surface area contributed by atoms with Gasteiger partial charge in [-0.2, -0.15) is 0 Å². The van der Waals surface area contributed by atoms with E-state index in [1.807, 2.05) is 43.5 Å². The predicted molar refractivity (Wildman–Crippen MR) is 144 cm³/mol. The molecule has 2 aliphatic heterocycles. The molecule has 4 aromatic rings. The number of fused-ring (bicyclic) bond motifs is 1. The van der Waals surface area contributed by atoms with Gasteiger partial charge in [0.05, 0.1) is 30.3 Å². The molecule has 2 aliphatic rings. The van der Waals surface area contributed by atoms with E-state index in [0.29, 0.717) is 4.88 Å². The number of amides is 1. The fourth-order valence-corrected chi connectivity index (χ4v) is 6.39. The van der Waals surface area contributed by atoms with Gasteiger partial charge in [0, 0.05) is 60.8 Å². The molecule has 1 N–H and O–H groups in total. The van der Waals surface area contributed by atoms with E-state index in [1.165, 1.54) is 17.0 Å². The number of rotatable bonds is 6. The Balaban J connectivity index is 1.24. The van der Waals surface area contributed by atoms with E-state index in [-0.39, 0.29) is 11.8 Å². The molecule has 3 aromatic heterocycles. The third-order valence-electron chi connectivity index (χ3n) is 6.41. The van der Waals surface area contributed by atoms with Gasteiger partial charge in [0.25, 0.3) is 5.91 Å². The van der Waals surface area contributed by atoms with Gasteiger partial charge in [-0.3, -0.25) is 19.1 Å². The van der Waals surface area contributed by atoms with E-state index in [2.05, 4.69) is 36.2 Å². The number of para-hydroxylation sites is 1. The van der Waals surface area contributed by atoms with Gasteiger partial charge in [0.2, 0.25) is 0 Å². The second-order valence-corrected chi connectivity index (χ2v) is 10.8. The maximum atomic E-state index is 13.3. The number of morpholine rings is 1. The molecular weight excluding hydrogens is 492 g/mol. The van der Waals surface area contributed by atoms with Gasteiger partial charge >= 0.3 is 0 Å². The Morgan fingerprint density at radius 2 is 2.08 bits per heavy atom. The SMILES string of the molecule is Cc1nc(C2C=NC=CC2)sc1C(=O)Nc1ccccc1-c1cn2c(CN3CCOCC3)csc2n1. The smallest absolute Gasteiger partial charge is 0.267 e. The maximum absolute atomic E-state index is 13.3. The number of aromatic nitrogens is 3. The number of benzene rings is 1. The van der Waals surface area contributed by atoms with Crippen LogP contribution in [-0.2, 0) is 11.3 Å². The molecule has 6 rings (SSSR count). The highest BCUT2D eigenvalue weighted by atomic mass is 32.1. The van der Waals surface area contributed by atoms with Crippen LogP contribution in [0.15, 0.2) is 53.1 Å². The van der Waals surface area contributed by atoms with E-state index < -0.39 is 0 Å². The van der Waals surface area contributed by atoms with Crippen LogP contribution < -0.4 is 5.32 Å². The van der Waals surface area contributed by atoms with Crippen molar-refractivity contribution in [1.29, 1.82) is 0 Å². The molecule has 184 valence electrons. The van der Waals surface area contributed by atoms with Crippen molar-refractivity contribution in [2.75, 3.05) is 31.6 Å². The zero-order valence-corrected chi connectivity index (χ0v) is 21.5. The standard InChI is InChI=1S/C26H26N6O2S2/c1-17-23(36-25(28-17)18-5-4-8-27-13-18)24(33)29-21-7-3-2-6-20(21)22-15-32-19(16-35-26(32)30-22)14-31-9-11-34-12-10-31/h2-4,6-8,13,15-16,18H,5,9-12,14H2,1H3,(H,29,33). The molecule has 0 spiro atoms. The maximum Gasteiger partial charge on any atom is 0.267 e. The number of allylic oxidation sites excluding steroid dienone is 1. The van der Waals surface area contributed by atoms with Crippen LogP contribution in [-0.4, -0.2) is 57.7 Å². The van der Waals surface area contributed by atoms with Gasteiger partial charge in [-0.15, -0.1) is 22.7 Å². The average Bonchev–Trinajstić information content (AvgIpc) is 3.61. The summed E-state index contributed by atoms with van der Waals surface area (Å²) in [6.45, 7) is 6.19. The molecule has 1 atom stereocenters. The molecule has 0 aliphatic carbocycles. The third kappa shape index (κ3) is 4.64. The minimum absolute atomic E-state index is 0.123. The Kier molecular flexibility index (Phi) is 6.49. The zero-order chi connectivity index (χ0) is 24.5. The summed E-state index contributed by atoms with van der Waals surface area (Å²) in [7, 11) is 0. The normalized spacial score (nSPS) is 18.2. The number of hydrogen-bond acceptors (Lipinski definition) is 8. The molecule has 8 nitrogen and oxygen atoms in total. The van der Waals surface area contributed by atoms with E-state index in [9.17, 15) is 4.79 Å². The van der Waals surface area contributed by atoms with Crippen molar-refractivity contribution in [1.82, 2.24) is 19.3 Å². The minimum atomic E-state index is -0.152. The highest BCUT2D eigenvalue weighted by molar-refractivity contribution is 7.15. The van der Waals surface area contributed by atoms with Crippen molar-refractivity contribution in [3.05, 3.63) is 69.4 Å². The lowest BCUT2D eigenvalue weighted by atomic mass is 10.1. The number of thiazole rings is 2. The first-order valence-corrected chi connectivity index (χ1v) is 13.7. The van der Waals surface area contributed by atoms with E-state index in [1.54, 1.807) is 17.5 Å². The van der Waals surface area contributed by atoms with E-state index >= 15 is 0 Å². The highest BCUT2D eigenvalue weighted by Crippen LogP contribution is 2.32. The largest absolute Gasteiger partial charge is 0.379 e. The number of hydrogen-bond donors (Lipinski definition) is 1. The summed E-state index contributed by atoms with van der Waals surface area (Å²) < 4.78 is 7.64. The van der Waals surface area contributed by atoms with Crippen molar-refractivity contribution in [3.63, 3.8) is 0 Å². The van der Waals surface area contributed by atoms with Crippen LogP contribution in [0, 0.1) is 6.92 Å². The first-order chi connectivity index (χ1) is 17.7. The quantitative estimate of drug-likeness (QED) is 0.389. The molecule has 10 heteroatoms. The summed E-state index contributed by atoms with van der Waals surface area (Å²) in [6, 6.07) is 7.82. The Morgan fingerprint density at radius 1 is 1.22 bits per heavy atom. The zero-order valence-electron chi connectivity index (χ0n) is 19.9. The van der Waals surface area contributed by atoms with Gasteiger partial charge in [0.15, 0.2) is 4.96 Å². The van der Waals surface area contributed by atoms with Crippen LogP contribution in [0.3, 0.4) is 0 Å². The lowest BCUT2D eigenvalue weighted by Crippen LogP contribution is -2.35. The second-order valence-electron chi connectivity index (χ2n) is 8.89. The monoisotopic (exact) mass is 518 g/mol. The Labute approximate surface area is 217 Å². The first kappa shape index (κ1) is 23.2. The number of aryl methyl sites for hydroxylation is 1. The summed E-state index contributed by atoms with van der Waals surface area (Å²) in [6.07, 6.45) is 8.64.